The maximum atomic E-state index is 10.6. The van der Waals surface area contributed by atoms with Gasteiger partial charge in [-0.3, -0.25) is 0 Å². The first kappa shape index (κ1) is 46.0. The number of ether oxygens (including phenoxy) is 9. The van der Waals surface area contributed by atoms with Crippen LogP contribution in [0.15, 0.2) is 0 Å². The molecule has 5 heterocycles. The van der Waals surface area contributed by atoms with Gasteiger partial charge in [-0.25, -0.2) is 0 Å². The third kappa shape index (κ3) is 9.16. The van der Waals surface area contributed by atoms with E-state index in [0.29, 0.717) is 0 Å². The first-order valence-electron chi connectivity index (χ1n) is 17.6. The molecule has 26 nitrogen and oxygen atoms in total. The Morgan fingerprint density at radius 1 is 0.357 bits per heavy atom. The molecule has 0 bridgehead atoms. The average Bonchev–Trinajstić information content (AvgIpc) is 3.43. The number of rotatable bonds is 14. The standard InChI is InChI=1S/C30H52O26/c31-1-7-12(34)17(39)21(43)26(51-7)48-3-9-13(35)18(40)22(44)27(52-9)49-4-10-14(36)19(41)23(45)28(53-10)50-5-11-15(37)20(42)24(46)29(54-11)56-30(6-33)25(47)16(38)8(2-32)55-30/h7-29,31-47H,1-6H2/t7-,8-,9-,10-,11-,12+,13-,14+,15+,16-,17+,18+,19+,20+,21-,22-,23-,24-,25+,26+,27+,28+,29+,30+/m1/s1. The van der Waals surface area contributed by atoms with Crippen LogP contribution in [0.1, 0.15) is 0 Å². The molecule has 5 aliphatic heterocycles. The molecule has 5 aliphatic rings. The number of hydrogen-bond acceptors (Lipinski definition) is 26. The topological polar surface area (TPSA) is 427 Å². The molecule has 0 aromatic heterocycles. The third-order valence-electron chi connectivity index (χ3n) is 10.4. The van der Waals surface area contributed by atoms with E-state index in [4.69, 9.17) is 42.6 Å². The van der Waals surface area contributed by atoms with Crippen LogP contribution >= 0.6 is 0 Å². The lowest BCUT2D eigenvalue weighted by molar-refractivity contribution is -0.388. The summed E-state index contributed by atoms with van der Waals surface area (Å²) in [5, 5.41) is 174. The number of hydrogen-bond donors (Lipinski definition) is 17. The second kappa shape index (κ2) is 19.1. The molecule has 5 rings (SSSR count). The van der Waals surface area contributed by atoms with Gasteiger partial charge in [0.2, 0.25) is 5.79 Å². The molecule has 5 fully saturated rings. The van der Waals surface area contributed by atoms with Crippen molar-refractivity contribution in [1.82, 2.24) is 0 Å². The van der Waals surface area contributed by atoms with Crippen LogP contribution in [0, 0.1) is 0 Å². The molecular formula is C30H52O26. The van der Waals surface area contributed by atoms with Gasteiger partial charge in [-0.1, -0.05) is 0 Å². The quantitative estimate of drug-likeness (QED) is 0.0773. The Kier molecular flexibility index (Phi) is 15.7. The summed E-state index contributed by atoms with van der Waals surface area (Å²) < 4.78 is 48.8. The average molecular weight is 829 g/mol. The van der Waals surface area contributed by atoms with Crippen LogP contribution in [-0.4, -0.2) is 273 Å². The largest absolute Gasteiger partial charge is 0.394 e. The first-order chi connectivity index (χ1) is 26.4. The van der Waals surface area contributed by atoms with E-state index in [-0.39, 0.29) is 0 Å². The van der Waals surface area contributed by atoms with Crippen LogP contribution in [0.25, 0.3) is 0 Å². The molecule has 17 N–H and O–H groups in total. The van der Waals surface area contributed by atoms with E-state index < -0.39 is 187 Å². The van der Waals surface area contributed by atoms with Crippen molar-refractivity contribution >= 4 is 0 Å². The van der Waals surface area contributed by atoms with Gasteiger partial charge in [-0.15, -0.1) is 0 Å². The van der Waals surface area contributed by atoms with E-state index in [1.165, 1.54) is 0 Å². The molecule has 0 aromatic rings. The minimum absolute atomic E-state index is 0.677. The van der Waals surface area contributed by atoms with Crippen molar-refractivity contribution < 1.29 is 129 Å². The zero-order chi connectivity index (χ0) is 41.4. The summed E-state index contributed by atoms with van der Waals surface area (Å²) in [6.45, 7) is -4.94. The molecule has 0 aromatic carbocycles. The zero-order valence-corrected chi connectivity index (χ0v) is 29.3. The van der Waals surface area contributed by atoms with E-state index >= 15 is 0 Å². The van der Waals surface area contributed by atoms with Crippen LogP contribution in [-0.2, 0) is 42.6 Å². The van der Waals surface area contributed by atoms with Gasteiger partial charge in [0.15, 0.2) is 25.2 Å². The van der Waals surface area contributed by atoms with Crippen molar-refractivity contribution in [2.75, 3.05) is 39.6 Å². The van der Waals surface area contributed by atoms with Crippen LogP contribution in [0.5, 0.6) is 0 Å². The summed E-state index contributed by atoms with van der Waals surface area (Å²) in [5.41, 5.74) is 0. The molecule has 0 saturated carbocycles. The summed E-state index contributed by atoms with van der Waals surface area (Å²) in [5.74, 6) is -2.47. The van der Waals surface area contributed by atoms with Crippen molar-refractivity contribution in [1.29, 1.82) is 0 Å². The Hall–Kier alpha value is -1.04. The van der Waals surface area contributed by atoms with Crippen molar-refractivity contribution in [2.24, 2.45) is 0 Å². The van der Waals surface area contributed by atoms with E-state index in [0.717, 1.165) is 0 Å². The highest BCUT2D eigenvalue weighted by molar-refractivity contribution is 4.99. The second-order valence-corrected chi connectivity index (χ2v) is 14.1. The maximum absolute atomic E-state index is 10.6. The molecular weight excluding hydrogens is 776 g/mol. The van der Waals surface area contributed by atoms with Crippen LogP contribution in [0.4, 0.5) is 0 Å². The molecule has 56 heavy (non-hydrogen) atoms. The van der Waals surface area contributed by atoms with Gasteiger partial charge in [0.1, 0.15) is 123 Å². The Bertz CT molecular complexity index is 1220. The van der Waals surface area contributed by atoms with Crippen LogP contribution < -0.4 is 0 Å². The van der Waals surface area contributed by atoms with E-state index in [1.807, 2.05) is 0 Å². The summed E-state index contributed by atoms with van der Waals surface area (Å²) in [6.07, 6.45) is -41.3. The second-order valence-electron chi connectivity index (χ2n) is 14.1. The number of aliphatic hydroxyl groups excluding tert-OH is 17. The summed E-state index contributed by atoms with van der Waals surface area (Å²) in [6, 6.07) is 0. The normalized spacial score (nSPS) is 53.0. The van der Waals surface area contributed by atoms with Crippen LogP contribution in [0.3, 0.4) is 0 Å². The first-order valence-corrected chi connectivity index (χ1v) is 17.6. The Morgan fingerprint density at radius 2 is 0.679 bits per heavy atom. The van der Waals surface area contributed by atoms with E-state index in [9.17, 15) is 86.8 Å². The predicted octanol–water partition coefficient (Wildman–Crippen LogP) is -11.9. The van der Waals surface area contributed by atoms with Crippen molar-refractivity contribution in [3.05, 3.63) is 0 Å². The molecule has 0 aliphatic carbocycles. The van der Waals surface area contributed by atoms with Crippen molar-refractivity contribution in [2.45, 2.75) is 147 Å². The Balaban J connectivity index is 1.18. The molecule has 26 heteroatoms. The number of aliphatic hydroxyl groups is 17. The van der Waals surface area contributed by atoms with Gasteiger partial charge in [-0.05, 0) is 0 Å². The van der Waals surface area contributed by atoms with Gasteiger partial charge in [0.25, 0.3) is 0 Å². The molecule has 0 unspecified atom stereocenters. The fourth-order valence-corrected chi connectivity index (χ4v) is 6.78. The highest BCUT2D eigenvalue weighted by Crippen LogP contribution is 2.36. The molecule has 328 valence electrons. The van der Waals surface area contributed by atoms with Crippen molar-refractivity contribution in [3.63, 3.8) is 0 Å². The Morgan fingerprint density at radius 3 is 1.02 bits per heavy atom. The molecule has 5 saturated heterocycles. The molecule has 0 spiro atoms. The lowest BCUT2D eigenvalue weighted by Gasteiger charge is -2.45. The molecule has 0 amide bonds. The third-order valence-corrected chi connectivity index (χ3v) is 10.4. The SMILES string of the molecule is OC[C@H]1O[C@H](OC[C@H]2O[C@H](OC[C@H]3O[C@H](OC[C@H]4O[C@@H](O[C@]5(CO)O[C@H](CO)[C@@H](O)[C@@H]5O)[C@H](O)[C@@H](O)[C@H]4O)[C@H](O)[C@@H](O)[C@H]3O)[C@H](O)[C@@H](O)[C@@H]2O)[C@H](O)[C@@H](O)[C@H]1O. The van der Waals surface area contributed by atoms with E-state index in [1.54, 1.807) is 0 Å². The van der Waals surface area contributed by atoms with Crippen molar-refractivity contribution in [3.8, 4) is 0 Å². The smallest absolute Gasteiger partial charge is 0.224 e. The lowest BCUT2D eigenvalue weighted by atomic mass is 9.97. The fourth-order valence-electron chi connectivity index (χ4n) is 6.78. The van der Waals surface area contributed by atoms with E-state index in [2.05, 4.69) is 0 Å². The molecule has 24 atom stereocenters. The highest BCUT2D eigenvalue weighted by Gasteiger charge is 2.59. The molecule has 0 radical (unpaired) electrons. The summed E-state index contributed by atoms with van der Waals surface area (Å²) in [7, 11) is 0. The van der Waals surface area contributed by atoms with Gasteiger partial charge >= 0.3 is 0 Å². The highest BCUT2D eigenvalue weighted by atomic mass is 16.8. The summed E-state index contributed by atoms with van der Waals surface area (Å²) in [4.78, 5) is 0. The Labute approximate surface area is 316 Å². The summed E-state index contributed by atoms with van der Waals surface area (Å²) >= 11 is 0. The van der Waals surface area contributed by atoms with Gasteiger partial charge < -0.3 is 129 Å². The minimum Gasteiger partial charge on any atom is -0.394 e. The van der Waals surface area contributed by atoms with Gasteiger partial charge in [0.05, 0.1) is 33.0 Å². The minimum atomic E-state index is -2.47. The zero-order valence-electron chi connectivity index (χ0n) is 29.3. The van der Waals surface area contributed by atoms with Gasteiger partial charge in [0, 0.05) is 0 Å². The van der Waals surface area contributed by atoms with Gasteiger partial charge in [-0.2, -0.15) is 0 Å². The maximum Gasteiger partial charge on any atom is 0.224 e. The lowest BCUT2D eigenvalue weighted by Crippen LogP contribution is -2.64. The predicted molar refractivity (Wildman–Crippen MR) is 167 cm³/mol. The van der Waals surface area contributed by atoms with Crippen LogP contribution in [0.2, 0.25) is 0 Å². The fraction of sp³-hybridized carbons (Fsp3) is 1.00. The monoisotopic (exact) mass is 828 g/mol.